The number of aliphatic hydroxyl groups is 2. The third-order valence-corrected chi connectivity index (χ3v) is 17.8. The fourth-order valence-corrected chi connectivity index (χ4v) is 13.8. The number of phenols is 2. The first-order valence-electron chi connectivity index (χ1n) is 26.8. The second-order valence-corrected chi connectivity index (χ2v) is 23.6. The number of hydrogen-bond acceptors (Lipinski definition) is 12. The van der Waals surface area contributed by atoms with Gasteiger partial charge in [0.15, 0.2) is 17.3 Å². The van der Waals surface area contributed by atoms with Gasteiger partial charge in [-0.1, -0.05) is 115 Å². The minimum absolute atomic E-state index is 0.00727. The summed E-state index contributed by atoms with van der Waals surface area (Å²) in [4.78, 5) is 26.8. The van der Waals surface area contributed by atoms with Crippen molar-refractivity contribution < 1.29 is 58.4 Å². The molecule has 12 nitrogen and oxygen atoms in total. The van der Waals surface area contributed by atoms with Crippen molar-refractivity contribution in [3.63, 3.8) is 0 Å². The molecule has 3 fully saturated rings. The van der Waals surface area contributed by atoms with Crippen LogP contribution in [0.4, 0.5) is 0 Å². The van der Waals surface area contributed by atoms with Gasteiger partial charge in [-0.2, -0.15) is 0 Å². The Balaban J connectivity index is 0.000000206. The van der Waals surface area contributed by atoms with E-state index in [4.69, 9.17) is 28.4 Å². The van der Waals surface area contributed by atoms with E-state index in [2.05, 4.69) is 60.3 Å². The monoisotopic (exact) mass is 1010 g/mol. The number of unbranched alkanes of at least 4 members (excludes halogenated alkanes) is 3. The highest BCUT2D eigenvalue weighted by Crippen LogP contribution is 2.68. The van der Waals surface area contributed by atoms with Crippen molar-refractivity contribution in [2.24, 2.45) is 23.7 Å². The lowest BCUT2D eigenvalue weighted by molar-refractivity contribution is -0.421. The maximum atomic E-state index is 13.8. The molecule has 74 heavy (non-hydrogen) atoms. The number of ether oxygens (including phenoxy) is 6. The van der Waals surface area contributed by atoms with Gasteiger partial charge in [-0.05, 0) is 128 Å². The summed E-state index contributed by atoms with van der Waals surface area (Å²) in [6.45, 7) is 21.2. The maximum absolute atomic E-state index is 13.8. The summed E-state index contributed by atoms with van der Waals surface area (Å²) in [5.74, 6) is -1.66. The Morgan fingerprint density at radius 2 is 1.72 bits per heavy atom. The molecule has 3 aromatic rings. The van der Waals surface area contributed by atoms with E-state index >= 15 is 0 Å². The van der Waals surface area contributed by atoms with Gasteiger partial charge < -0.3 is 48.8 Å². The average molecular weight is 1020 g/mol. The number of allylic oxidation sites excluding steroid dienone is 1. The van der Waals surface area contributed by atoms with Gasteiger partial charge in [-0.3, -0.25) is 9.59 Å². The Morgan fingerprint density at radius 3 is 2.42 bits per heavy atom. The Morgan fingerprint density at radius 1 is 0.959 bits per heavy atom. The number of esters is 1. The van der Waals surface area contributed by atoms with Crippen LogP contribution in [0.3, 0.4) is 0 Å². The van der Waals surface area contributed by atoms with E-state index in [1.165, 1.54) is 38.9 Å². The van der Waals surface area contributed by atoms with Crippen molar-refractivity contribution in [2.75, 3.05) is 20.3 Å². The van der Waals surface area contributed by atoms with Crippen molar-refractivity contribution in [3.05, 3.63) is 130 Å². The number of carbonyl (C=O) groups excluding carboxylic acids is 2. The van der Waals surface area contributed by atoms with E-state index in [0.29, 0.717) is 41.2 Å². The fraction of sp³-hybridized carbons (Fsp3) is 0.548. The fourth-order valence-electron chi connectivity index (χ4n) is 13.8. The average Bonchev–Trinajstić information content (AvgIpc) is 3.66. The minimum Gasteiger partial charge on any atom is -0.508 e. The summed E-state index contributed by atoms with van der Waals surface area (Å²) in [7, 11) is 1.44. The zero-order chi connectivity index (χ0) is 53.2. The number of methoxy groups -OCH3 is 1. The van der Waals surface area contributed by atoms with Gasteiger partial charge in [-0.25, -0.2) is 0 Å². The molecular formula is C62H78O12. The van der Waals surface area contributed by atoms with Crippen molar-refractivity contribution in [3.8, 4) is 23.0 Å². The third-order valence-electron chi connectivity index (χ3n) is 17.8. The predicted octanol–water partition coefficient (Wildman–Crippen LogP) is 11.0. The van der Waals surface area contributed by atoms with E-state index in [1.807, 2.05) is 55.5 Å². The standard InChI is InChI=1S/C37H40O9.C25H38O3/c1-21(2)35-17-23(4)37-27(33(35)44-36(45-35,46-37)19-24-9-7-6-8-10-24)14-26(18-34(41)30(37)13-22(3)32(34)40)20-43-31(39)16-25-11-12-28(38)29(15-25)42-5;1-6-7-8-9-12-24(2,3)18-14-21(27)23-19-13-17(16-26)10-11-20(19)25(4,5)28-22(23)15-18/h6-15,23,27,30,33,38,41H,1,16-20H2,2-5H3;10,14-15,19-20,26-27H,6-9,11-13,16H2,1-5H3/t23-,27+,30-,33-,34-,35-,36-,37-;19-,20-/m11/s1. The van der Waals surface area contributed by atoms with E-state index in [0.717, 1.165) is 52.8 Å². The van der Waals surface area contributed by atoms with Crippen LogP contribution in [0, 0.1) is 23.7 Å². The lowest BCUT2D eigenvalue weighted by Crippen LogP contribution is -2.70. The van der Waals surface area contributed by atoms with E-state index in [-0.39, 0.29) is 66.2 Å². The summed E-state index contributed by atoms with van der Waals surface area (Å²) < 4.78 is 38.2. The third kappa shape index (κ3) is 9.35. The van der Waals surface area contributed by atoms with Crippen LogP contribution >= 0.6 is 0 Å². The number of fused-ring (bicyclic) bond motifs is 5. The predicted molar refractivity (Wildman–Crippen MR) is 282 cm³/mol. The number of Topliss-reactive ketones (excluding diaryl/α,β-unsaturated/α-hetero) is 1. The number of phenolic OH excluding ortho intramolecular Hbond substituents is 2. The second-order valence-electron chi connectivity index (χ2n) is 23.6. The molecule has 3 bridgehead atoms. The zero-order valence-electron chi connectivity index (χ0n) is 44.9. The summed E-state index contributed by atoms with van der Waals surface area (Å²) in [6.07, 6.45) is 14.1. The summed E-state index contributed by atoms with van der Waals surface area (Å²) in [5, 5.41) is 43.0. The Hall–Kier alpha value is -5.24. The van der Waals surface area contributed by atoms with Gasteiger partial charge in [-0.15, -0.1) is 0 Å². The highest BCUT2D eigenvalue weighted by atomic mass is 16.9. The lowest BCUT2D eigenvalue weighted by atomic mass is 9.55. The number of ketones is 1. The molecule has 1 saturated carbocycles. The van der Waals surface area contributed by atoms with Crippen molar-refractivity contribution in [2.45, 2.75) is 172 Å². The smallest absolute Gasteiger partial charge is 0.310 e. The van der Waals surface area contributed by atoms with Crippen LogP contribution < -0.4 is 9.47 Å². The molecule has 0 amide bonds. The molecule has 3 heterocycles. The first-order valence-corrected chi connectivity index (χ1v) is 26.8. The van der Waals surface area contributed by atoms with Crippen LogP contribution in [0.15, 0.2) is 108 Å². The molecule has 0 radical (unpaired) electrons. The number of aromatic hydroxyl groups is 2. The van der Waals surface area contributed by atoms with Crippen LogP contribution in [0.5, 0.6) is 23.0 Å². The van der Waals surface area contributed by atoms with Gasteiger partial charge in [0.1, 0.15) is 41.0 Å². The van der Waals surface area contributed by atoms with Crippen LogP contribution in [0.2, 0.25) is 0 Å². The molecule has 0 unspecified atom stereocenters. The van der Waals surface area contributed by atoms with Crippen LogP contribution in [-0.4, -0.2) is 87.0 Å². The molecule has 10 atom stereocenters. The van der Waals surface area contributed by atoms with E-state index in [9.17, 15) is 30.0 Å². The SMILES string of the molecule is C=C(C)[C@]12C[C@@H](C)[C@@]34O[C@](Cc5ccccc5)(O[C@@H]1[C@@H]3C=C(COC(=O)Cc1ccc(O)c(OC)c1)C[C@]1(O)C(=O)C(C)=C[C@@H]41)O2.CCCCCCC(C)(C)c1cc(O)c2c(c1)OC(C)(C)[C@@H]1CC=C(CO)C[C@@H]21. The van der Waals surface area contributed by atoms with Crippen LogP contribution in [-0.2, 0) is 46.8 Å². The van der Waals surface area contributed by atoms with Gasteiger partial charge >= 0.3 is 5.97 Å². The number of rotatable bonds is 15. The molecule has 4 N–H and O–H groups in total. The molecular weight excluding hydrogens is 937 g/mol. The van der Waals surface area contributed by atoms with Crippen molar-refractivity contribution in [1.29, 1.82) is 0 Å². The van der Waals surface area contributed by atoms with Crippen molar-refractivity contribution >= 4 is 11.8 Å². The first-order chi connectivity index (χ1) is 35.0. The molecule has 398 valence electrons. The van der Waals surface area contributed by atoms with Crippen molar-refractivity contribution in [1.82, 2.24) is 0 Å². The Labute approximate surface area is 437 Å². The van der Waals surface area contributed by atoms with Crippen LogP contribution in [0.1, 0.15) is 141 Å². The number of hydrogen-bond donors (Lipinski definition) is 4. The van der Waals surface area contributed by atoms with Gasteiger partial charge in [0.2, 0.25) is 0 Å². The summed E-state index contributed by atoms with van der Waals surface area (Å²) in [5.41, 5.74) is 2.65. The molecule has 4 aliphatic carbocycles. The molecule has 7 aliphatic rings. The second kappa shape index (κ2) is 20.0. The van der Waals surface area contributed by atoms with Gasteiger partial charge in [0.05, 0.1) is 32.2 Å². The first kappa shape index (κ1) is 53.6. The molecule has 2 saturated heterocycles. The normalized spacial score (nSPS) is 31.9. The van der Waals surface area contributed by atoms with Gasteiger partial charge in [0.25, 0.3) is 5.97 Å². The van der Waals surface area contributed by atoms with E-state index in [1.54, 1.807) is 19.1 Å². The number of aliphatic hydroxyl groups excluding tert-OH is 1. The summed E-state index contributed by atoms with van der Waals surface area (Å²) in [6, 6.07) is 18.6. The lowest BCUT2D eigenvalue weighted by Gasteiger charge is -2.59. The molecule has 3 aromatic carbocycles. The highest BCUT2D eigenvalue weighted by Gasteiger charge is 2.79. The highest BCUT2D eigenvalue weighted by molar-refractivity contribution is 6.05. The van der Waals surface area contributed by atoms with E-state index < -0.39 is 46.7 Å². The zero-order valence-corrected chi connectivity index (χ0v) is 44.9. The largest absolute Gasteiger partial charge is 0.508 e. The summed E-state index contributed by atoms with van der Waals surface area (Å²) >= 11 is 0. The van der Waals surface area contributed by atoms with Gasteiger partial charge in [0, 0.05) is 35.7 Å². The number of carbonyl (C=O) groups is 2. The molecule has 0 spiro atoms. The minimum atomic E-state index is -1.80. The molecule has 3 aliphatic heterocycles. The number of benzene rings is 3. The quantitative estimate of drug-likeness (QED) is 0.0646. The molecule has 12 heteroatoms. The Bertz CT molecular complexity index is 2750. The van der Waals surface area contributed by atoms with Crippen LogP contribution in [0.25, 0.3) is 0 Å². The maximum Gasteiger partial charge on any atom is 0.310 e. The Kier molecular flexibility index (Phi) is 14.5. The molecule has 0 aromatic heterocycles. The molecule has 10 rings (SSSR count). The topological polar surface area (TPSA) is 170 Å².